The first-order valence-electron chi connectivity index (χ1n) is 8.27. The number of ether oxygens (including phenoxy) is 1. The normalized spacial score (nSPS) is 16.5. The number of urea groups is 1. The van der Waals surface area contributed by atoms with Crippen LogP contribution in [0.15, 0.2) is 42.5 Å². The molecule has 0 radical (unpaired) electrons. The number of hydrogen-bond acceptors (Lipinski definition) is 3. The van der Waals surface area contributed by atoms with E-state index in [0.29, 0.717) is 35.7 Å². The molecule has 1 fully saturated rings. The molecular formula is C19H20FN3O3. The van der Waals surface area contributed by atoms with E-state index in [2.05, 4.69) is 10.6 Å². The molecule has 0 unspecified atom stereocenters. The van der Waals surface area contributed by atoms with Crippen LogP contribution in [0.4, 0.5) is 20.6 Å². The number of anilines is 2. The van der Waals surface area contributed by atoms with Crippen molar-refractivity contribution in [2.75, 3.05) is 23.9 Å². The van der Waals surface area contributed by atoms with E-state index in [4.69, 9.17) is 4.74 Å². The van der Waals surface area contributed by atoms with Gasteiger partial charge < -0.3 is 20.3 Å². The van der Waals surface area contributed by atoms with Crippen molar-refractivity contribution in [2.45, 2.75) is 19.4 Å². The number of carbonyl (C=O) groups is 2. The summed E-state index contributed by atoms with van der Waals surface area (Å²) in [7, 11) is 1.52. The number of nitrogens with one attached hydrogen (secondary N) is 2. The molecule has 0 bridgehead atoms. The third kappa shape index (κ3) is 3.61. The van der Waals surface area contributed by atoms with Crippen LogP contribution in [-0.2, 0) is 4.79 Å². The van der Waals surface area contributed by atoms with Crippen molar-refractivity contribution in [3.8, 4) is 5.75 Å². The number of carbonyl (C=O) groups excluding carboxylic acids is 2. The summed E-state index contributed by atoms with van der Waals surface area (Å²) in [4.78, 5) is 26.4. The quantitative estimate of drug-likeness (QED) is 0.883. The third-order valence-electron chi connectivity index (χ3n) is 4.32. The van der Waals surface area contributed by atoms with Crippen LogP contribution < -0.4 is 20.3 Å². The summed E-state index contributed by atoms with van der Waals surface area (Å²) in [6, 6.07) is 10.4. The Balaban J connectivity index is 1.65. The molecule has 3 amide bonds. The van der Waals surface area contributed by atoms with Crippen LogP contribution in [0.25, 0.3) is 0 Å². The molecule has 2 aromatic rings. The van der Waals surface area contributed by atoms with E-state index in [0.717, 1.165) is 0 Å². The summed E-state index contributed by atoms with van der Waals surface area (Å²) in [5.41, 5.74) is 1.62. The van der Waals surface area contributed by atoms with Gasteiger partial charge in [0, 0.05) is 12.2 Å². The van der Waals surface area contributed by atoms with Crippen LogP contribution in [0.2, 0.25) is 0 Å². The molecule has 0 aromatic heterocycles. The van der Waals surface area contributed by atoms with E-state index in [1.165, 1.54) is 13.2 Å². The highest BCUT2D eigenvalue weighted by Crippen LogP contribution is 2.25. The van der Waals surface area contributed by atoms with Gasteiger partial charge in [0.2, 0.25) is 5.91 Å². The van der Waals surface area contributed by atoms with Gasteiger partial charge in [-0.05, 0) is 49.2 Å². The Morgan fingerprint density at radius 3 is 2.77 bits per heavy atom. The van der Waals surface area contributed by atoms with Crippen LogP contribution in [0.1, 0.15) is 12.0 Å². The molecule has 7 heteroatoms. The van der Waals surface area contributed by atoms with Crippen molar-refractivity contribution >= 4 is 23.3 Å². The van der Waals surface area contributed by atoms with Crippen LogP contribution in [0, 0.1) is 12.7 Å². The average Bonchev–Trinajstić information content (AvgIpc) is 2.98. The van der Waals surface area contributed by atoms with Crippen LogP contribution in [0.5, 0.6) is 5.75 Å². The number of amides is 3. The largest absolute Gasteiger partial charge is 0.495 e. The topological polar surface area (TPSA) is 70.7 Å². The molecule has 26 heavy (non-hydrogen) atoms. The van der Waals surface area contributed by atoms with E-state index in [1.807, 2.05) is 0 Å². The molecule has 2 N–H and O–H groups in total. The minimum absolute atomic E-state index is 0.216. The van der Waals surface area contributed by atoms with Crippen LogP contribution in [-0.4, -0.2) is 31.6 Å². The molecule has 1 atom stereocenters. The summed E-state index contributed by atoms with van der Waals surface area (Å²) in [5.74, 6) is 0.00116. The number of nitrogens with zero attached hydrogens (tertiary/aromatic N) is 1. The molecule has 1 saturated heterocycles. The van der Waals surface area contributed by atoms with Gasteiger partial charge in [-0.25, -0.2) is 9.18 Å². The van der Waals surface area contributed by atoms with E-state index in [-0.39, 0.29) is 11.7 Å². The molecular weight excluding hydrogens is 337 g/mol. The summed E-state index contributed by atoms with van der Waals surface area (Å²) in [6.07, 6.45) is 0.481. The first-order chi connectivity index (χ1) is 12.5. The second-order valence-electron chi connectivity index (χ2n) is 6.06. The highest BCUT2D eigenvalue weighted by molar-refractivity contribution is 6.02. The van der Waals surface area contributed by atoms with Crippen molar-refractivity contribution in [2.24, 2.45) is 0 Å². The number of para-hydroxylation sites is 2. The summed E-state index contributed by atoms with van der Waals surface area (Å²) in [5, 5.41) is 5.37. The highest BCUT2D eigenvalue weighted by Gasteiger charge is 2.33. The van der Waals surface area contributed by atoms with E-state index < -0.39 is 12.1 Å². The van der Waals surface area contributed by atoms with E-state index in [1.54, 1.807) is 48.2 Å². The summed E-state index contributed by atoms with van der Waals surface area (Å²) >= 11 is 0. The monoisotopic (exact) mass is 357 g/mol. The third-order valence-corrected chi connectivity index (χ3v) is 4.32. The van der Waals surface area contributed by atoms with Gasteiger partial charge in [-0.1, -0.05) is 12.1 Å². The Labute approximate surface area is 150 Å². The number of methoxy groups -OCH3 is 1. The van der Waals surface area contributed by atoms with Gasteiger partial charge in [-0.15, -0.1) is 0 Å². The summed E-state index contributed by atoms with van der Waals surface area (Å²) in [6.45, 7) is 2.11. The van der Waals surface area contributed by atoms with Crippen LogP contribution in [0.3, 0.4) is 0 Å². The first kappa shape index (κ1) is 17.7. The second-order valence-corrected chi connectivity index (χ2v) is 6.06. The molecule has 0 saturated carbocycles. The molecule has 136 valence electrons. The Hall–Kier alpha value is -3.09. The molecule has 3 rings (SSSR count). The minimum Gasteiger partial charge on any atom is -0.495 e. The molecule has 6 nitrogen and oxygen atoms in total. The lowest BCUT2D eigenvalue weighted by molar-refractivity contribution is -0.118. The van der Waals surface area contributed by atoms with Gasteiger partial charge in [0.1, 0.15) is 17.6 Å². The second kappa shape index (κ2) is 7.43. The number of hydrogen-bond donors (Lipinski definition) is 2. The van der Waals surface area contributed by atoms with Crippen molar-refractivity contribution < 1.29 is 18.7 Å². The lowest BCUT2D eigenvalue weighted by atomic mass is 10.2. The molecule has 1 aliphatic heterocycles. The van der Waals surface area contributed by atoms with Crippen LogP contribution >= 0.6 is 0 Å². The minimum atomic E-state index is -0.630. The van der Waals surface area contributed by atoms with Crippen molar-refractivity contribution in [1.82, 2.24) is 5.32 Å². The van der Waals surface area contributed by atoms with E-state index in [9.17, 15) is 14.0 Å². The van der Waals surface area contributed by atoms with E-state index >= 15 is 0 Å². The zero-order valence-corrected chi connectivity index (χ0v) is 14.6. The lowest BCUT2D eigenvalue weighted by Crippen LogP contribution is -2.43. The average molecular weight is 357 g/mol. The van der Waals surface area contributed by atoms with Gasteiger partial charge in [-0.2, -0.15) is 0 Å². The maximum absolute atomic E-state index is 13.4. The lowest BCUT2D eigenvalue weighted by Gasteiger charge is -2.18. The number of rotatable bonds is 4. The number of aryl methyl sites for hydroxylation is 1. The Kier molecular flexibility index (Phi) is 5.06. The Morgan fingerprint density at radius 2 is 2.04 bits per heavy atom. The Morgan fingerprint density at radius 1 is 1.27 bits per heavy atom. The fourth-order valence-corrected chi connectivity index (χ4v) is 2.93. The Bertz CT molecular complexity index is 841. The first-order valence-corrected chi connectivity index (χ1v) is 8.27. The summed E-state index contributed by atoms with van der Waals surface area (Å²) < 4.78 is 18.6. The standard InChI is InChI=1S/C19H20FN3O3/c1-12-11-13(7-8-14(12)20)23-10-9-16(18(23)24)22-19(25)21-15-5-3-4-6-17(15)26-2/h3-8,11,16H,9-10H2,1-2H3,(H2,21,22,25)/t16-/m0/s1. The molecule has 1 aliphatic rings. The number of halogens is 1. The fourth-order valence-electron chi connectivity index (χ4n) is 2.93. The predicted molar refractivity (Wildman–Crippen MR) is 97.0 cm³/mol. The number of benzene rings is 2. The zero-order chi connectivity index (χ0) is 18.7. The SMILES string of the molecule is COc1ccccc1NC(=O)N[C@H]1CCN(c2ccc(F)c(C)c2)C1=O. The van der Waals surface area contributed by atoms with Gasteiger partial charge in [-0.3, -0.25) is 4.79 Å². The van der Waals surface area contributed by atoms with Gasteiger partial charge in [0.05, 0.1) is 12.8 Å². The highest BCUT2D eigenvalue weighted by atomic mass is 19.1. The smallest absolute Gasteiger partial charge is 0.319 e. The molecule has 0 aliphatic carbocycles. The molecule has 0 spiro atoms. The van der Waals surface area contributed by atoms with Gasteiger partial charge in [0.15, 0.2) is 0 Å². The van der Waals surface area contributed by atoms with Gasteiger partial charge in [0.25, 0.3) is 0 Å². The predicted octanol–water partition coefficient (Wildman–Crippen LogP) is 3.07. The zero-order valence-electron chi connectivity index (χ0n) is 14.6. The molecule has 1 heterocycles. The maximum atomic E-state index is 13.4. The van der Waals surface area contributed by atoms with Crippen molar-refractivity contribution in [1.29, 1.82) is 0 Å². The van der Waals surface area contributed by atoms with Gasteiger partial charge >= 0.3 is 6.03 Å². The molecule has 2 aromatic carbocycles. The van der Waals surface area contributed by atoms with Crippen molar-refractivity contribution in [3.63, 3.8) is 0 Å². The van der Waals surface area contributed by atoms with Crippen molar-refractivity contribution in [3.05, 3.63) is 53.8 Å². The fraction of sp³-hybridized carbons (Fsp3) is 0.263. The maximum Gasteiger partial charge on any atom is 0.319 e.